The maximum atomic E-state index is 12.7. The average Bonchev–Trinajstić information content (AvgIpc) is 3.09. The van der Waals surface area contributed by atoms with Gasteiger partial charge in [0.05, 0.1) is 10.6 Å². The highest BCUT2D eigenvalue weighted by Gasteiger charge is 2.33. The fourth-order valence-corrected chi connectivity index (χ4v) is 3.24. The number of anilines is 1. The first-order chi connectivity index (χ1) is 12.8. The first-order valence-electron chi connectivity index (χ1n) is 8.35. The third-order valence-corrected chi connectivity index (χ3v) is 4.70. The highest BCUT2D eigenvalue weighted by molar-refractivity contribution is 6.33. The van der Waals surface area contributed by atoms with Crippen LogP contribution in [0.3, 0.4) is 0 Å². The van der Waals surface area contributed by atoms with E-state index in [4.69, 9.17) is 17.3 Å². The lowest BCUT2D eigenvalue weighted by Gasteiger charge is -2.20. The Morgan fingerprint density at radius 2 is 2.04 bits per heavy atom. The number of nitrogens with zero attached hydrogens (tertiary/aromatic N) is 2. The number of carbonyl (C=O) groups is 1. The number of hydrogen-bond donors (Lipinski definition) is 2. The van der Waals surface area contributed by atoms with Gasteiger partial charge < -0.3 is 16.0 Å². The molecule has 2 aromatic rings. The van der Waals surface area contributed by atoms with E-state index in [9.17, 15) is 18.0 Å². The fourth-order valence-electron chi connectivity index (χ4n) is 2.95. The molecule has 1 amide bonds. The van der Waals surface area contributed by atoms with E-state index in [2.05, 4.69) is 10.3 Å². The Hall–Kier alpha value is -2.32. The fraction of sp³-hybridized carbons (Fsp3) is 0.333. The summed E-state index contributed by atoms with van der Waals surface area (Å²) in [5.74, 6) is 0.0746. The number of nitrogens with one attached hydrogen (secondary N) is 1. The minimum atomic E-state index is -4.49. The Bertz CT molecular complexity index is 826. The number of carbonyl (C=O) groups excluding carboxylic acids is 1. The lowest BCUT2D eigenvalue weighted by molar-refractivity contribution is -0.137. The molecule has 0 radical (unpaired) electrons. The molecule has 0 saturated carbocycles. The second-order valence-corrected chi connectivity index (χ2v) is 6.74. The van der Waals surface area contributed by atoms with E-state index >= 15 is 0 Å². The number of aromatic nitrogens is 1. The van der Waals surface area contributed by atoms with E-state index < -0.39 is 11.7 Å². The van der Waals surface area contributed by atoms with Gasteiger partial charge in [0.25, 0.3) is 5.91 Å². The normalized spacial score (nSPS) is 17.2. The van der Waals surface area contributed by atoms with E-state index in [1.54, 1.807) is 29.2 Å². The van der Waals surface area contributed by atoms with Crippen LogP contribution in [0, 0.1) is 0 Å². The maximum absolute atomic E-state index is 12.7. The van der Waals surface area contributed by atoms with Gasteiger partial charge in [-0.15, -0.1) is 0 Å². The van der Waals surface area contributed by atoms with Gasteiger partial charge in [-0.1, -0.05) is 23.7 Å². The van der Waals surface area contributed by atoms with Crippen molar-refractivity contribution >= 4 is 23.3 Å². The van der Waals surface area contributed by atoms with Crippen molar-refractivity contribution in [3.05, 3.63) is 58.2 Å². The average molecular weight is 399 g/mol. The lowest BCUT2D eigenvalue weighted by atomic mass is 10.1. The van der Waals surface area contributed by atoms with Crippen molar-refractivity contribution < 1.29 is 18.0 Å². The summed E-state index contributed by atoms with van der Waals surface area (Å²) in [7, 11) is 0. The first kappa shape index (κ1) is 19.4. The molecule has 2 heterocycles. The van der Waals surface area contributed by atoms with Crippen molar-refractivity contribution in [2.45, 2.75) is 25.2 Å². The van der Waals surface area contributed by atoms with Gasteiger partial charge in [-0.2, -0.15) is 13.2 Å². The number of hydrogen-bond acceptors (Lipinski definition) is 4. The number of halogens is 4. The topological polar surface area (TPSA) is 71.2 Å². The van der Waals surface area contributed by atoms with Crippen LogP contribution in [0.5, 0.6) is 0 Å². The summed E-state index contributed by atoms with van der Waals surface area (Å²) < 4.78 is 38.2. The molecule has 1 saturated heterocycles. The molecular formula is C18H18ClF3N4O. The van der Waals surface area contributed by atoms with Crippen LogP contribution < -0.4 is 16.0 Å². The lowest BCUT2D eigenvalue weighted by Crippen LogP contribution is -2.37. The molecule has 1 unspecified atom stereocenters. The molecule has 3 N–H and O–H groups in total. The van der Waals surface area contributed by atoms with Crippen molar-refractivity contribution in [2.24, 2.45) is 5.73 Å². The number of pyridine rings is 1. The molecule has 1 aliphatic rings. The summed E-state index contributed by atoms with van der Waals surface area (Å²) in [6.07, 6.45) is -3.08. The van der Waals surface area contributed by atoms with Gasteiger partial charge in [0.1, 0.15) is 5.82 Å². The highest BCUT2D eigenvalue weighted by Crippen LogP contribution is 2.34. The molecule has 3 rings (SSSR count). The van der Waals surface area contributed by atoms with Gasteiger partial charge in [0.15, 0.2) is 0 Å². The summed E-state index contributed by atoms with van der Waals surface area (Å²) >= 11 is 5.99. The number of benzene rings is 1. The predicted octanol–water partition coefficient (Wildman–Crippen LogP) is 3.22. The Morgan fingerprint density at radius 3 is 2.63 bits per heavy atom. The maximum Gasteiger partial charge on any atom is 0.417 e. The molecule has 0 spiro atoms. The van der Waals surface area contributed by atoms with Crippen LogP contribution in [0.1, 0.15) is 27.9 Å². The van der Waals surface area contributed by atoms with Crippen LogP contribution in [0.15, 0.2) is 36.5 Å². The van der Waals surface area contributed by atoms with E-state index in [0.717, 1.165) is 17.8 Å². The Kier molecular flexibility index (Phi) is 5.57. The van der Waals surface area contributed by atoms with Crippen molar-refractivity contribution in [2.75, 3.05) is 18.0 Å². The molecule has 1 aliphatic heterocycles. The van der Waals surface area contributed by atoms with Gasteiger partial charge in [0, 0.05) is 37.4 Å². The molecule has 0 bridgehead atoms. The van der Waals surface area contributed by atoms with E-state index in [1.807, 2.05) is 0 Å². The molecule has 1 aromatic heterocycles. The van der Waals surface area contributed by atoms with Gasteiger partial charge in [0.2, 0.25) is 0 Å². The number of rotatable bonds is 4. The number of alkyl halides is 3. The molecule has 0 aliphatic carbocycles. The third kappa shape index (κ3) is 4.51. The largest absolute Gasteiger partial charge is 0.417 e. The number of nitrogens with two attached hydrogens (primary N) is 1. The molecule has 27 heavy (non-hydrogen) atoms. The van der Waals surface area contributed by atoms with Crippen LogP contribution in [0.4, 0.5) is 19.0 Å². The SMILES string of the molecule is NCc1ccc(C(=O)NC2CCN(c3ncc(C(F)(F)F)cc3Cl)C2)cc1. The third-order valence-electron chi connectivity index (χ3n) is 4.42. The summed E-state index contributed by atoms with van der Waals surface area (Å²) in [5, 5.41) is 2.86. The summed E-state index contributed by atoms with van der Waals surface area (Å²) in [6.45, 7) is 1.36. The molecule has 9 heteroatoms. The van der Waals surface area contributed by atoms with E-state index in [1.165, 1.54) is 0 Å². The van der Waals surface area contributed by atoms with Crippen LogP contribution in [-0.4, -0.2) is 30.0 Å². The minimum Gasteiger partial charge on any atom is -0.353 e. The standard InChI is InChI=1S/C18H18ClF3N4O/c19-15-7-13(18(20,21)22)9-24-16(15)26-6-5-14(10-26)25-17(27)12-3-1-11(8-23)2-4-12/h1-4,7,9,14H,5-6,8,10,23H2,(H,25,27). The van der Waals surface area contributed by atoms with Crippen molar-refractivity contribution in [1.82, 2.24) is 10.3 Å². The Labute approximate surface area is 159 Å². The Morgan fingerprint density at radius 1 is 1.33 bits per heavy atom. The van der Waals surface area contributed by atoms with Gasteiger partial charge in [-0.05, 0) is 30.2 Å². The van der Waals surface area contributed by atoms with Crippen molar-refractivity contribution in [3.63, 3.8) is 0 Å². The van der Waals surface area contributed by atoms with E-state index in [0.29, 0.717) is 31.6 Å². The number of amides is 1. The van der Waals surface area contributed by atoms with E-state index in [-0.39, 0.29) is 22.8 Å². The van der Waals surface area contributed by atoms with Crippen molar-refractivity contribution in [1.29, 1.82) is 0 Å². The summed E-state index contributed by atoms with van der Waals surface area (Å²) in [4.78, 5) is 18.0. The molecule has 1 fully saturated rings. The second-order valence-electron chi connectivity index (χ2n) is 6.33. The van der Waals surface area contributed by atoms with Crippen LogP contribution in [-0.2, 0) is 12.7 Å². The molecule has 1 atom stereocenters. The van der Waals surface area contributed by atoms with Gasteiger partial charge >= 0.3 is 6.18 Å². The molecule has 1 aromatic carbocycles. The summed E-state index contributed by atoms with van der Waals surface area (Å²) in [6, 6.07) is 7.72. The first-order valence-corrected chi connectivity index (χ1v) is 8.73. The Balaban J connectivity index is 1.63. The molecule has 144 valence electrons. The zero-order valence-corrected chi connectivity index (χ0v) is 15.0. The van der Waals surface area contributed by atoms with Crippen LogP contribution in [0.2, 0.25) is 5.02 Å². The van der Waals surface area contributed by atoms with Gasteiger partial charge in [-0.25, -0.2) is 4.98 Å². The zero-order chi connectivity index (χ0) is 19.6. The quantitative estimate of drug-likeness (QED) is 0.829. The van der Waals surface area contributed by atoms with Gasteiger partial charge in [-0.3, -0.25) is 4.79 Å². The van der Waals surface area contributed by atoms with Crippen LogP contribution >= 0.6 is 11.6 Å². The van der Waals surface area contributed by atoms with Crippen LogP contribution in [0.25, 0.3) is 0 Å². The summed E-state index contributed by atoms with van der Waals surface area (Å²) in [5.41, 5.74) is 6.11. The molecular weight excluding hydrogens is 381 g/mol. The molecule has 5 nitrogen and oxygen atoms in total. The smallest absolute Gasteiger partial charge is 0.353 e. The predicted molar refractivity (Wildman–Crippen MR) is 96.7 cm³/mol. The second kappa shape index (κ2) is 7.74. The minimum absolute atomic E-state index is 0.0609. The highest BCUT2D eigenvalue weighted by atomic mass is 35.5. The monoisotopic (exact) mass is 398 g/mol. The van der Waals surface area contributed by atoms with Crippen molar-refractivity contribution in [3.8, 4) is 0 Å². The zero-order valence-electron chi connectivity index (χ0n) is 14.3.